The second-order valence-corrected chi connectivity index (χ2v) is 5.78. The van der Waals surface area contributed by atoms with Crippen LogP contribution in [0.1, 0.15) is 13.3 Å². The minimum absolute atomic E-state index is 0.130. The fourth-order valence-corrected chi connectivity index (χ4v) is 3.56. The lowest BCUT2D eigenvalue weighted by molar-refractivity contribution is 0.593. The van der Waals surface area contributed by atoms with E-state index in [2.05, 4.69) is 0 Å². The Balaban J connectivity index is 2.36. The molecular weight excluding hydrogens is 184 g/mol. The molecule has 0 unspecified atom stereocenters. The van der Waals surface area contributed by atoms with E-state index in [9.17, 15) is 8.42 Å². The van der Waals surface area contributed by atoms with Crippen molar-refractivity contribution in [3.05, 3.63) is 30.3 Å². The molecule has 0 amide bonds. The Bertz CT molecular complexity index is 394. The summed E-state index contributed by atoms with van der Waals surface area (Å²) < 4.78 is 23.6. The van der Waals surface area contributed by atoms with Gasteiger partial charge in [0.2, 0.25) is 0 Å². The summed E-state index contributed by atoms with van der Waals surface area (Å²) in [7, 11) is -3.01. The Kier molecular flexibility index (Phi) is 1.91. The zero-order chi connectivity index (χ0) is 9.47. The Morgan fingerprint density at radius 3 is 2.23 bits per heavy atom. The zero-order valence-corrected chi connectivity index (χ0v) is 8.29. The van der Waals surface area contributed by atoms with Gasteiger partial charge in [0.15, 0.2) is 9.84 Å². The third kappa shape index (κ3) is 1.48. The van der Waals surface area contributed by atoms with Gasteiger partial charge in [0.25, 0.3) is 0 Å². The second kappa shape index (κ2) is 2.84. The van der Waals surface area contributed by atoms with Gasteiger partial charge in [0.05, 0.1) is 10.1 Å². The molecule has 1 aromatic carbocycles. The number of rotatable bonds is 2. The summed E-state index contributed by atoms with van der Waals surface area (Å²) in [5, 5.41) is -0.130. The fourth-order valence-electron chi connectivity index (χ4n) is 1.51. The molecule has 70 valence electrons. The van der Waals surface area contributed by atoms with E-state index < -0.39 is 9.84 Å². The minimum atomic E-state index is -3.01. The maximum atomic E-state index is 11.8. The van der Waals surface area contributed by atoms with E-state index in [1.165, 1.54) is 0 Å². The molecule has 2 nitrogen and oxygen atoms in total. The van der Waals surface area contributed by atoms with Crippen molar-refractivity contribution in [3.8, 4) is 0 Å². The van der Waals surface area contributed by atoms with Crippen LogP contribution in [0.4, 0.5) is 0 Å². The van der Waals surface area contributed by atoms with Gasteiger partial charge < -0.3 is 0 Å². The van der Waals surface area contributed by atoms with Crippen LogP contribution in [0, 0.1) is 5.92 Å². The predicted octanol–water partition coefficient (Wildman–Crippen LogP) is 1.87. The lowest BCUT2D eigenvalue weighted by Gasteiger charge is -2.01. The Labute approximate surface area is 78.5 Å². The van der Waals surface area contributed by atoms with E-state index in [4.69, 9.17) is 0 Å². The van der Waals surface area contributed by atoms with Gasteiger partial charge in [-0.1, -0.05) is 25.1 Å². The molecule has 0 spiro atoms. The first-order chi connectivity index (χ1) is 6.12. The zero-order valence-electron chi connectivity index (χ0n) is 7.47. The van der Waals surface area contributed by atoms with Crippen molar-refractivity contribution < 1.29 is 8.42 Å². The molecule has 0 N–H and O–H groups in total. The smallest absolute Gasteiger partial charge is 0.181 e. The van der Waals surface area contributed by atoms with Gasteiger partial charge in [-0.05, 0) is 24.5 Å². The second-order valence-electron chi connectivity index (χ2n) is 3.61. The van der Waals surface area contributed by atoms with Crippen molar-refractivity contribution in [1.82, 2.24) is 0 Å². The van der Waals surface area contributed by atoms with Crippen molar-refractivity contribution >= 4 is 9.84 Å². The standard InChI is InChI=1S/C10H12O2S/c1-8-7-10(8)13(11,12)9-5-3-2-4-6-9/h2-6,8,10H,7H2,1H3/t8-,10-/m0/s1. The highest BCUT2D eigenvalue weighted by Gasteiger charge is 2.44. The highest BCUT2D eigenvalue weighted by molar-refractivity contribution is 7.92. The minimum Gasteiger partial charge on any atom is -0.223 e. The summed E-state index contributed by atoms with van der Waals surface area (Å²) in [6.45, 7) is 1.98. The molecule has 1 fully saturated rings. The van der Waals surface area contributed by atoms with Gasteiger partial charge in [-0.25, -0.2) is 8.42 Å². The Hall–Kier alpha value is -0.830. The van der Waals surface area contributed by atoms with Crippen LogP contribution in [0.25, 0.3) is 0 Å². The number of benzene rings is 1. The third-order valence-corrected chi connectivity index (χ3v) is 4.89. The van der Waals surface area contributed by atoms with Crippen LogP contribution in [0.2, 0.25) is 0 Å². The molecule has 1 saturated carbocycles. The monoisotopic (exact) mass is 196 g/mol. The van der Waals surface area contributed by atoms with Crippen LogP contribution in [-0.4, -0.2) is 13.7 Å². The highest BCUT2D eigenvalue weighted by atomic mass is 32.2. The van der Waals surface area contributed by atoms with E-state index in [1.54, 1.807) is 24.3 Å². The van der Waals surface area contributed by atoms with Gasteiger partial charge in [-0.2, -0.15) is 0 Å². The first-order valence-electron chi connectivity index (χ1n) is 4.41. The molecule has 0 bridgehead atoms. The summed E-state index contributed by atoms with van der Waals surface area (Å²) in [5.41, 5.74) is 0. The molecule has 0 heterocycles. The molecule has 13 heavy (non-hydrogen) atoms. The normalized spacial score (nSPS) is 27.2. The fraction of sp³-hybridized carbons (Fsp3) is 0.400. The van der Waals surface area contributed by atoms with Gasteiger partial charge in [-0.15, -0.1) is 0 Å². The van der Waals surface area contributed by atoms with Gasteiger partial charge in [0.1, 0.15) is 0 Å². The van der Waals surface area contributed by atoms with Crippen molar-refractivity contribution in [3.63, 3.8) is 0 Å². The van der Waals surface area contributed by atoms with Crippen molar-refractivity contribution in [2.75, 3.05) is 0 Å². The van der Waals surface area contributed by atoms with E-state index in [0.29, 0.717) is 10.8 Å². The van der Waals surface area contributed by atoms with Crippen LogP contribution < -0.4 is 0 Å². The molecule has 2 rings (SSSR count). The first kappa shape index (κ1) is 8.75. The van der Waals surface area contributed by atoms with E-state index in [1.807, 2.05) is 13.0 Å². The molecule has 0 radical (unpaired) electrons. The number of sulfone groups is 1. The summed E-state index contributed by atoms with van der Waals surface area (Å²) >= 11 is 0. The van der Waals surface area contributed by atoms with Gasteiger partial charge >= 0.3 is 0 Å². The summed E-state index contributed by atoms with van der Waals surface area (Å²) in [5.74, 6) is 0.338. The van der Waals surface area contributed by atoms with Crippen LogP contribution in [0.5, 0.6) is 0 Å². The van der Waals surface area contributed by atoms with Crippen LogP contribution in [0.3, 0.4) is 0 Å². The number of hydrogen-bond donors (Lipinski definition) is 0. The van der Waals surface area contributed by atoms with Crippen molar-refractivity contribution in [2.24, 2.45) is 5.92 Å². The van der Waals surface area contributed by atoms with E-state index in [-0.39, 0.29) is 5.25 Å². The first-order valence-corrected chi connectivity index (χ1v) is 5.96. The third-order valence-electron chi connectivity index (χ3n) is 2.51. The molecule has 1 aliphatic carbocycles. The van der Waals surface area contributed by atoms with Crippen LogP contribution in [-0.2, 0) is 9.84 Å². The average Bonchev–Trinajstić information content (AvgIpc) is 2.85. The molecular formula is C10H12O2S. The molecule has 0 saturated heterocycles. The SMILES string of the molecule is C[C@H]1C[C@@H]1S(=O)(=O)c1ccccc1. The molecule has 0 aliphatic heterocycles. The van der Waals surface area contributed by atoms with Crippen LogP contribution in [0.15, 0.2) is 35.2 Å². The lowest BCUT2D eigenvalue weighted by Crippen LogP contribution is -2.08. The topological polar surface area (TPSA) is 34.1 Å². The van der Waals surface area contributed by atoms with Gasteiger partial charge in [0, 0.05) is 0 Å². The van der Waals surface area contributed by atoms with Crippen LogP contribution >= 0.6 is 0 Å². The molecule has 0 aromatic heterocycles. The van der Waals surface area contributed by atoms with E-state index >= 15 is 0 Å². The maximum Gasteiger partial charge on any atom is 0.181 e. The van der Waals surface area contributed by atoms with Gasteiger partial charge in [-0.3, -0.25) is 0 Å². The molecule has 3 heteroatoms. The quantitative estimate of drug-likeness (QED) is 0.723. The summed E-state index contributed by atoms with van der Waals surface area (Å²) in [6, 6.07) is 8.69. The maximum absolute atomic E-state index is 11.8. The molecule has 1 aromatic rings. The number of hydrogen-bond acceptors (Lipinski definition) is 2. The van der Waals surface area contributed by atoms with E-state index in [0.717, 1.165) is 6.42 Å². The largest absolute Gasteiger partial charge is 0.223 e. The highest BCUT2D eigenvalue weighted by Crippen LogP contribution is 2.39. The van der Waals surface area contributed by atoms with Crippen molar-refractivity contribution in [2.45, 2.75) is 23.5 Å². The average molecular weight is 196 g/mol. The Morgan fingerprint density at radius 1 is 1.23 bits per heavy atom. The lowest BCUT2D eigenvalue weighted by atomic mass is 10.4. The van der Waals surface area contributed by atoms with Crippen molar-refractivity contribution in [1.29, 1.82) is 0 Å². The summed E-state index contributed by atoms with van der Waals surface area (Å²) in [4.78, 5) is 0.462. The molecule has 2 atom stereocenters. The molecule has 1 aliphatic rings. The Morgan fingerprint density at radius 2 is 1.77 bits per heavy atom. The predicted molar refractivity (Wildman–Crippen MR) is 51.2 cm³/mol. The summed E-state index contributed by atoms with van der Waals surface area (Å²) in [6.07, 6.45) is 0.817.